The van der Waals surface area contributed by atoms with Crippen molar-refractivity contribution in [2.24, 2.45) is 0 Å². The van der Waals surface area contributed by atoms with Crippen LogP contribution < -0.4 is 10.1 Å². The highest BCUT2D eigenvalue weighted by atomic mass is 35.5. The van der Waals surface area contributed by atoms with E-state index in [-0.39, 0.29) is 5.91 Å². The molecule has 0 aliphatic heterocycles. The Morgan fingerprint density at radius 3 is 2.38 bits per heavy atom. The molecular formula is C20H18ClNO2. The predicted octanol–water partition coefficient (Wildman–Crippen LogP) is 4.47. The Morgan fingerprint density at radius 2 is 1.71 bits per heavy atom. The summed E-state index contributed by atoms with van der Waals surface area (Å²) in [6.07, 6.45) is 0.749. The molecule has 0 bridgehead atoms. The van der Waals surface area contributed by atoms with Gasteiger partial charge < -0.3 is 10.1 Å². The minimum atomic E-state index is -0.133. The molecule has 0 heterocycles. The molecule has 0 atom stereocenters. The topological polar surface area (TPSA) is 38.3 Å². The molecular weight excluding hydrogens is 322 g/mol. The van der Waals surface area contributed by atoms with Crippen molar-refractivity contribution in [1.82, 2.24) is 5.32 Å². The molecule has 3 nitrogen and oxygen atoms in total. The van der Waals surface area contributed by atoms with Crippen LogP contribution in [0.1, 0.15) is 15.9 Å². The third-order valence-electron chi connectivity index (χ3n) is 3.92. The van der Waals surface area contributed by atoms with Crippen molar-refractivity contribution in [3.63, 3.8) is 0 Å². The fourth-order valence-corrected chi connectivity index (χ4v) is 2.76. The van der Waals surface area contributed by atoms with E-state index in [0.29, 0.717) is 22.9 Å². The number of fused-ring (bicyclic) bond motifs is 1. The molecule has 0 aromatic heterocycles. The van der Waals surface area contributed by atoms with Gasteiger partial charge in [-0.15, -0.1) is 0 Å². The van der Waals surface area contributed by atoms with Gasteiger partial charge in [0.1, 0.15) is 5.75 Å². The highest BCUT2D eigenvalue weighted by Gasteiger charge is 2.13. The van der Waals surface area contributed by atoms with Gasteiger partial charge in [-0.05, 0) is 47.0 Å². The zero-order valence-electron chi connectivity index (χ0n) is 13.4. The third-order valence-corrected chi connectivity index (χ3v) is 4.18. The number of halogens is 1. The first-order valence-corrected chi connectivity index (χ1v) is 8.14. The van der Waals surface area contributed by atoms with Crippen LogP contribution in [-0.2, 0) is 6.42 Å². The van der Waals surface area contributed by atoms with E-state index in [1.165, 1.54) is 0 Å². The molecule has 0 saturated carbocycles. The van der Waals surface area contributed by atoms with E-state index in [0.717, 1.165) is 22.8 Å². The number of rotatable bonds is 5. The van der Waals surface area contributed by atoms with Crippen LogP contribution in [-0.4, -0.2) is 19.6 Å². The van der Waals surface area contributed by atoms with Crippen molar-refractivity contribution in [1.29, 1.82) is 0 Å². The molecule has 1 N–H and O–H groups in total. The number of hydrogen-bond acceptors (Lipinski definition) is 2. The average Bonchev–Trinajstić information content (AvgIpc) is 2.62. The summed E-state index contributed by atoms with van der Waals surface area (Å²) in [5.41, 5.74) is 1.68. The Bertz CT molecular complexity index is 859. The van der Waals surface area contributed by atoms with Crippen molar-refractivity contribution < 1.29 is 9.53 Å². The lowest BCUT2D eigenvalue weighted by molar-refractivity contribution is 0.0951. The summed E-state index contributed by atoms with van der Waals surface area (Å²) in [5.74, 6) is 0.448. The maximum absolute atomic E-state index is 12.5. The van der Waals surface area contributed by atoms with Crippen molar-refractivity contribution in [3.05, 3.63) is 76.8 Å². The van der Waals surface area contributed by atoms with Gasteiger partial charge in [-0.2, -0.15) is 0 Å². The number of carbonyl (C=O) groups excluding carboxylic acids is 1. The molecule has 3 aromatic rings. The Balaban J connectivity index is 1.72. The zero-order chi connectivity index (χ0) is 16.9. The molecule has 24 heavy (non-hydrogen) atoms. The van der Waals surface area contributed by atoms with E-state index in [9.17, 15) is 4.79 Å². The van der Waals surface area contributed by atoms with Gasteiger partial charge in [-0.1, -0.05) is 48.0 Å². The van der Waals surface area contributed by atoms with Gasteiger partial charge in [-0.3, -0.25) is 4.79 Å². The SMILES string of the molecule is COc1cc2ccccc2cc1C(=O)NCCc1ccc(Cl)cc1. The number of benzene rings is 3. The number of ether oxygens (including phenoxy) is 1. The summed E-state index contributed by atoms with van der Waals surface area (Å²) < 4.78 is 5.38. The molecule has 0 aliphatic carbocycles. The average molecular weight is 340 g/mol. The van der Waals surface area contributed by atoms with Gasteiger partial charge in [0.05, 0.1) is 12.7 Å². The second-order valence-electron chi connectivity index (χ2n) is 5.53. The third kappa shape index (κ3) is 3.69. The molecule has 0 fully saturated rings. The molecule has 0 spiro atoms. The number of carbonyl (C=O) groups is 1. The summed E-state index contributed by atoms with van der Waals surface area (Å²) in [6, 6.07) is 19.3. The van der Waals surface area contributed by atoms with Crippen LogP contribution in [0.3, 0.4) is 0 Å². The van der Waals surface area contributed by atoms with E-state index in [1.807, 2.05) is 60.7 Å². The summed E-state index contributed by atoms with van der Waals surface area (Å²) >= 11 is 5.87. The van der Waals surface area contributed by atoms with Crippen molar-refractivity contribution in [2.75, 3.05) is 13.7 Å². The van der Waals surface area contributed by atoms with Crippen molar-refractivity contribution >= 4 is 28.3 Å². The summed E-state index contributed by atoms with van der Waals surface area (Å²) in [4.78, 5) is 12.5. The van der Waals surface area contributed by atoms with Gasteiger partial charge in [0.25, 0.3) is 5.91 Å². The minimum absolute atomic E-state index is 0.133. The summed E-state index contributed by atoms with van der Waals surface area (Å²) in [5, 5.41) is 5.72. The van der Waals surface area contributed by atoms with Crippen molar-refractivity contribution in [2.45, 2.75) is 6.42 Å². The lowest BCUT2D eigenvalue weighted by atomic mass is 10.1. The Hall–Kier alpha value is -2.52. The van der Waals surface area contributed by atoms with Crippen LogP contribution >= 0.6 is 11.6 Å². The van der Waals surface area contributed by atoms with Gasteiger partial charge >= 0.3 is 0 Å². The second-order valence-corrected chi connectivity index (χ2v) is 5.97. The molecule has 0 aliphatic rings. The largest absolute Gasteiger partial charge is 0.496 e. The van der Waals surface area contributed by atoms with Crippen LogP contribution in [0, 0.1) is 0 Å². The normalized spacial score (nSPS) is 10.6. The quantitative estimate of drug-likeness (QED) is 0.744. The fraction of sp³-hybridized carbons (Fsp3) is 0.150. The standard InChI is InChI=1S/C20H18ClNO2/c1-24-19-13-16-5-3-2-4-15(16)12-18(19)20(23)22-11-10-14-6-8-17(21)9-7-14/h2-9,12-13H,10-11H2,1H3,(H,22,23). The lowest BCUT2D eigenvalue weighted by Gasteiger charge is -2.11. The van der Waals surface area contributed by atoms with Gasteiger partial charge in [-0.25, -0.2) is 0 Å². The molecule has 3 aromatic carbocycles. The number of methoxy groups -OCH3 is 1. The van der Waals surface area contributed by atoms with Crippen LogP contribution in [0.5, 0.6) is 5.75 Å². The Kier molecular flexibility index (Phi) is 5.02. The van der Waals surface area contributed by atoms with Crippen LogP contribution in [0.25, 0.3) is 10.8 Å². The predicted molar refractivity (Wildman–Crippen MR) is 98.0 cm³/mol. The van der Waals surface area contributed by atoms with Crippen molar-refractivity contribution in [3.8, 4) is 5.75 Å². The summed E-state index contributed by atoms with van der Waals surface area (Å²) in [7, 11) is 1.58. The number of nitrogens with one attached hydrogen (secondary N) is 1. The Morgan fingerprint density at radius 1 is 1.04 bits per heavy atom. The molecule has 4 heteroatoms. The molecule has 0 saturated heterocycles. The molecule has 0 radical (unpaired) electrons. The van der Waals surface area contributed by atoms with E-state index in [4.69, 9.17) is 16.3 Å². The molecule has 122 valence electrons. The number of amides is 1. The monoisotopic (exact) mass is 339 g/mol. The highest BCUT2D eigenvalue weighted by Crippen LogP contribution is 2.25. The lowest BCUT2D eigenvalue weighted by Crippen LogP contribution is -2.26. The second kappa shape index (κ2) is 7.37. The van der Waals surface area contributed by atoms with Gasteiger partial charge in [0.2, 0.25) is 0 Å². The molecule has 0 unspecified atom stereocenters. The van der Waals surface area contributed by atoms with E-state index in [1.54, 1.807) is 7.11 Å². The fourth-order valence-electron chi connectivity index (χ4n) is 2.63. The van der Waals surface area contributed by atoms with E-state index in [2.05, 4.69) is 5.32 Å². The van der Waals surface area contributed by atoms with E-state index < -0.39 is 0 Å². The molecule has 1 amide bonds. The van der Waals surface area contributed by atoms with Crippen LogP contribution in [0.4, 0.5) is 0 Å². The van der Waals surface area contributed by atoms with Gasteiger partial charge in [0.15, 0.2) is 0 Å². The molecule has 3 rings (SSSR count). The maximum Gasteiger partial charge on any atom is 0.255 e. The first-order chi connectivity index (χ1) is 11.7. The maximum atomic E-state index is 12.5. The Labute approximate surface area is 146 Å². The number of hydrogen-bond donors (Lipinski definition) is 1. The first-order valence-electron chi connectivity index (χ1n) is 7.77. The first kappa shape index (κ1) is 16.3. The van der Waals surface area contributed by atoms with Gasteiger partial charge in [0, 0.05) is 11.6 Å². The smallest absolute Gasteiger partial charge is 0.255 e. The van der Waals surface area contributed by atoms with Crippen LogP contribution in [0.2, 0.25) is 5.02 Å². The summed E-state index contributed by atoms with van der Waals surface area (Å²) in [6.45, 7) is 0.552. The van der Waals surface area contributed by atoms with Crippen LogP contribution in [0.15, 0.2) is 60.7 Å². The zero-order valence-corrected chi connectivity index (χ0v) is 14.1. The minimum Gasteiger partial charge on any atom is -0.496 e. The van der Waals surface area contributed by atoms with E-state index >= 15 is 0 Å². The highest BCUT2D eigenvalue weighted by molar-refractivity contribution is 6.30.